The predicted molar refractivity (Wildman–Crippen MR) is 160 cm³/mol. The smallest absolute Gasteiger partial charge is 0.260 e. The summed E-state index contributed by atoms with van der Waals surface area (Å²) >= 11 is 0. The number of fused-ring (bicyclic) bond motifs is 1. The minimum atomic E-state index is -0.279. The lowest BCUT2D eigenvalue weighted by Crippen LogP contribution is -2.18. The second kappa shape index (κ2) is 10.9. The quantitative estimate of drug-likeness (QED) is 0.257. The molecule has 1 atom stereocenters. The topological polar surface area (TPSA) is 117 Å². The van der Waals surface area contributed by atoms with Crippen molar-refractivity contribution in [2.45, 2.75) is 25.5 Å². The maximum atomic E-state index is 12.6. The summed E-state index contributed by atoms with van der Waals surface area (Å²) in [6.45, 7) is 0.787. The Balaban J connectivity index is 1.12. The summed E-state index contributed by atoms with van der Waals surface area (Å²) in [5.41, 5.74) is 4.37. The van der Waals surface area contributed by atoms with Gasteiger partial charge >= 0.3 is 0 Å². The van der Waals surface area contributed by atoms with Gasteiger partial charge in [-0.1, -0.05) is 30.3 Å². The number of hydrogen-bond acceptors (Lipinski definition) is 7. The van der Waals surface area contributed by atoms with Crippen molar-refractivity contribution in [3.05, 3.63) is 97.1 Å². The fraction of sp³-hybridized carbons (Fsp3) is 0.194. The van der Waals surface area contributed by atoms with Crippen molar-refractivity contribution in [2.24, 2.45) is 7.05 Å². The van der Waals surface area contributed by atoms with Gasteiger partial charge in [-0.05, 0) is 61.2 Å². The third-order valence-corrected chi connectivity index (χ3v) is 7.28. The molecule has 210 valence electrons. The van der Waals surface area contributed by atoms with Gasteiger partial charge < -0.3 is 15.4 Å². The minimum Gasteiger partial charge on any atom is -0.357 e. The van der Waals surface area contributed by atoms with E-state index in [2.05, 4.69) is 37.9 Å². The van der Waals surface area contributed by atoms with Gasteiger partial charge in [-0.15, -0.1) is 5.10 Å². The van der Waals surface area contributed by atoms with E-state index in [9.17, 15) is 4.79 Å². The molecule has 2 N–H and O–H groups in total. The number of ether oxygens (including phenoxy) is 1. The average Bonchev–Trinajstić information content (AvgIpc) is 3.78. The Bertz CT molecular complexity index is 1860. The Kier molecular flexibility index (Phi) is 6.68. The molecule has 11 nitrogen and oxygen atoms in total. The molecule has 5 heterocycles. The van der Waals surface area contributed by atoms with Gasteiger partial charge in [0.05, 0.1) is 23.5 Å². The Hall–Kier alpha value is -5.29. The zero-order chi connectivity index (χ0) is 28.5. The molecule has 0 bridgehead atoms. The maximum Gasteiger partial charge on any atom is 0.260 e. The molecule has 0 spiro atoms. The van der Waals surface area contributed by atoms with Gasteiger partial charge in [-0.3, -0.25) is 9.48 Å². The van der Waals surface area contributed by atoms with Gasteiger partial charge in [-0.25, -0.2) is 14.3 Å². The first-order valence-corrected chi connectivity index (χ1v) is 13.9. The zero-order valence-corrected chi connectivity index (χ0v) is 23.0. The number of carbonyl (C=O) groups is 1. The molecular formula is C31H29N9O2. The molecule has 1 fully saturated rings. The Morgan fingerprint density at radius 3 is 2.62 bits per heavy atom. The first kappa shape index (κ1) is 25.7. The van der Waals surface area contributed by atoms with Crippen LogP contribution < -0.4 is 10.6 Å². The van der Waals surface area contributed by atoms with E-state index in [1.54, 1.807) is 28.7 Å². The summed E-state index contributed by atoms with van der Waals surface area (Å²) in [6.07, 6.45) is 10.4. The molecule has 2 aromatic carbocycles. The highest BCUT2D eigenvalue weighted by Gasteiger charge is 2.17. The maximum absolute atomic E-state index is 12.6. The highest BCUT2D eigenvalue weighted by molar-refractivity contribution is 6.03. The Morgan fingerprint density at radius 1 is 0.929 bits per heavy atom. The molecule has 1 amide bonds. The molecule has 1 saturated heterocycles. The molecule has 6 aromatic rings. The van der Waals surface area contributed by atoms with Crippen molar-refractivity contribution in [3.8, 4) is 16.9 Å². The van der Waals surface area contributed by atoms with E-state index in [0.29, 0.717) is 23.0 Å². The minimum absolute atomic E-state index is 0.0180. The molecule has 7 rings (SSSR count). The number of pyridine rings is 1. The van der Waals surface area contributed by atoms with Crippen LogP contribution in [0.25, 0.3) is 27.8 Å². The Morgan fingerprint density at radius 2 is 1.81 bits per heavy atom. The predicted octanol–water partition coefficient (Wildman–Crippen LogP) is 5.71. The van der Waals surface area contributed by atoms with E-state index in [1.165, 1.54) is 6.20 Å². The number of nitrogens with one attached hydrogen (secondary N) is 2. The number of aryl methyl sites for hydroxylation is 1. The second-order valence-electron chi connectivity index (χ2n) is 10.2. The second-order valence-corrected chi connectivity index (χ2v) is 10.2. The largest absolute Gasteiger partial charge is 0.357 e. The first-order valence-electron chi connectivity index (χ1n) is 13.9. The number of nitrogens with zero attached hydrogens (tertiary/aromatic N) is 7. The van der Waals surface area contributed by atoms with Gasteiger partial charge in [0.15, 0.2) is 11.6 Å². The van der Waals surface area contributed by atoms with Gasteiger partial charge in [0.1, 0.15) is 12.0 Å². The van der Waals surface area contributed by atoms with Crippen LogP contribution in [0.15, 0.2) is 91.5 Å². The van der Waals surface area contributed by atoms with Crippen LogP contribution >= 0.6 is 0 Å². The number of benzene rings is 2. The number of rotatable bonds is 7. The van der Waals surface area contributed by atoms with Crippen LogP contribution in [-0.4, -0.2) is 46.8 Å². The molecular weight excluding hydrogens is 530 g/mol. The third kappa shape index (κ3) is 5.13. The number of aromatic nitrogens is 7. The van der Waals surface area contributed by atoms with Crippen molar-refractivity contribution in [1.82, 2.24) is 34.3 Å². The highest BCUT2D eigenvalue weighted by atomic mass is 16.5. The van der Waals surface area contributed by atoms with Crippen LogP contribution in [0.3, 0.4) is 0 Å². The van der Waals surface area contributed by atoms with E-state index < -0.39 is 0 Å². The summed E-state index contributed by atoms with van der Waals surface area (Å²) in [7, 11) is 1.77. The highest BCUT2D eigenvalue weighted by Crippen LogP contribution is 2.30. The average molecular weight is 560 g/mol. The van der Waals surface area contributed by atoms with Crippen LogP contribution in [0.4, 0.5) is 17.3 Å². The number of carbonyl (C=O) groups excluding carboxylic acids is 1. The fourth-order valence-corrected chi connectivity index (χ4v) is 5.13. The SMILES string of the molecule is Cn1cc(C(=O)Nc2cccc(-n3nc(Nc4ccc(-c5cnn(C6CCCCO6)c5)cc4)c4ccccc43)n2)cn1. The Labute approximate surface area is 241 Å². The van der Waals surface area contributed by atoms with Gasteiger partial charge in [-0.2, -0.15) is 10.2 Å². The molecule has 0 saturated carbocycles. The summed E-state index contributed by atoms with van der Waals surface area (Å²) in [4.78, 5) is 17.3. The van der Waals surface area contributed by atoms with Gasteiger partial charge in [0.2, 0.25) is 0 Å². The molecule has 4 aromatic heterocycles. The van der Waals surface area contributed by atoms with Gasteiger partial charge in [0, 0.05) is 42.7 Å². The van der Waals surface area contributed by atoms with Crippen LogP contribution in [0.1, 0.15) is 35.8 Å². The van der Waals surface area contributed by atoms with E-state index in [4.69, 9.17) is 9.84 Å². The molecule has 1 aliphatic heterocycles. The lowest BCUT2D eigenvalue weighted by molar-refractivity contribution is -0.0394. The van der Waals surface area contributed by atoms with Crippen molar-refractivity contribution in [3.63, 3.8) is 0 Å². The molecule has 0 radical (unpaired) electrons. The van der Waals surface area contributed by atoms with Gasteiger partial charge in [0.25, 0.3) is 5.91 Å². The number of para-hydroxylation sites is 1. The van der Waals surface area contributed by atoms with Crippen molar-refractivity contribution < 1.29 is 9.53 Å². The molecule has 1 aliphatic rings. The van der Waals surface area contributed by atoms with E-state index >= 15 is 0 Å². The summed E-state index contributed by atoms with van der Waals surface area (Å²) in [5.74, 6) is 1.42. The summed E-state index contributed by atoms with van der Waals surface area (Å²) in [6, 6.07) is 21.6. The van der Waals surface area contributed by atoms with Crippen molar-refractivity contribution >= 4 is 34.1 Å². The van der Waals surface area contributed by atoms with E-state index in [-0.39, 0.29) is 12.1 Å². The zero-order valence-electron chi connectivity index (χ0n) is 23.0. The number of hydrogen-bond donors (Lipinski definition) is 2. The fourth-order valence-electron chi connectivity index (χ4n) is 5.13. The standard InChI is InChI=1S/C31H29N9O2/c1-38-19-23(18-32-38)31(41)36-27-9-6-10-28(35-27)40-26-8-3-2-7-25(26)30(37-40)34-24-14-12-21(13-15-24)22-17-33-39(20-22)29-11-4-5-16-42-29/h2-3,6-10,12-15,17-20,29H,4-5,11,16H2,1H3,(H,34,37)(H,35,36,41). The summed E-state index contributed by atoms with van der Waals surface area (Å²) in [5, 5.41) is 20.7. The van der Waals surface area contributed by atoms with Crippen molar-refractivity contribution in [1.29, 1.82) is 0 Å². The molecule has 1 unspecified atom stereocenters. The lowest BCUT2D eigenvalue weighted by Gasteiger charge is -2.22. The normalized spacial score (nSPS) is 15.1. The summed E-state index contributed by atoms with van der Waals surface area (Å²) < 4.78 is 11.1. The molecule has 0 aliphatic carbocycles. The van der Waals surface area contributed by atoms with Crippen molar-refractivity contribution in [2.75, 3.05) is 17.2 Å². The monoisotopic (exact) mass is 559 g/mol. The van der Waals surface area contributed by atoms with Crippen LogP contribution in [0.2, 0.25) is 0 Å². The molecule has 11 heteroatoms. The van der Waals surface area contributed by atoms with E-state index in [0.717, 1.165) is 53.6 Å². The first-order chi connectivity index (χ1) is 20.6. The third-order valence-electron chi connectivity index (χ3n) is 7.28. The number of anilines is 3. The van der Waals surface area contributed by atoms with Crippen LogP contribution in [0, 0.1) is 0 Å². The van der Waals surface area contributed by atoms with Crippen LogP contribution in [-0.2, 0) is 11.8 Å². The van der Waals surface area contributed by atoms with Crippen LogP contribution in [0.5, 0.6) is 0 Å². The molecule has 42 heavy (non-hydrogen) atoms. The lowest BCUT2D eigenvalue weighted by atomic mass is 10.1. The van der Waals surface area contributed by atoms with E-state index in [1.807, 2.05) is 65.6 Å². The number of amides is 1.